The lowest BCUT2D eigenvalue weighted by molar-refractivity contribution is -0.123. The highest BCUT2D eigenvalue weighted by Crippen LogP contribution is 2.25. The van der Waals surface area contributed by atoms with Crippen LogP contribution in [0.15, 0.2) is 24.3 Å². The Kier molecular flexibility index (Phi) is 6.02. The number of rotatable bonds is 6. The van der Waals surface area contributed by atoms with E-state index >= 15 is 0 Å². The summed E-state index contributed by atoms with van der Waals surface area (Å²) in [6.07, 6.45) is 0.0944. The summed E-state index contributed by atoms with van der Waals surface area (Å²) in [7, 11) is 0. The van der Waals surface area contributed by atoms with E-state index in [2.05, 4.69) is 5.32 Å². The fourth-order valence-corrected chi connectivity index (χ4v) is 1.89. The predicted octanol–water partition coefficient (Wildman–Crippen LogP) is 2.63. The number of para-hydroxylation sites is 1. The third-order valence-corrected chi connectivity index (χ3v) is 3.13. The van der Waals surface area contributed by atoms with Gasteiger partial charge in [0.25, 0.3) is 0 Å². The molecular weight excluding hydrogens is 252 g/mol. The summed E-state index contributed by atoms with van der Waals surface area (Å²) in [5.41, 5.74) is 6.83. The Labute approximate surface area is 121 Å². The highest BCUT2D eigenvalue weighted by atomic mass is 16.5. The summed E-state index contributed by atoms with van der Waals surface area (Å²) >= 11 is 0. The van der Waals surface area contributed by atoms with Crippen molar-refractivity contribution in [3.05, 3.63) is 29.8 Å². The Balaban J connectivity index is 2.82. The Morgan fingerprint density at radius 3 is 2.30 bits per heavy atom. The van der Waals surface area contributed by atoms with Crippen molar-refractivity contribution in [2.75, 3.05) is 0 Å². The van der Waals surface area contributed by atoms with Crippen LogP contribution in [0, 0.1) is 5.92 Å². The summed E-state index contributed by atoms with van der Waals surface area (Å²) in [5.74, 6) is 0.782. The van der Waals surface area contributed by atoms with Crippen molar-refractivity contribution < 1.29 is 9.53 Å². The van der Waals surface area contributed by atoms with Crippen molar-refractivity contribution in [1.82, 2.24) is 5.32 Å². The van der Waals surface area contributed by atoms with Crippen molar-refractivity contribution in [3.8, 4) is 5.75 Å². The molecule has 0 aromatic heterocycles. The van der Waals surface area contributed by atoms with Crippen molar-refractivity contribution in [3.63, 3.8) is 0 Å². The summed E-state index contributed by atoms with van der Waals surface area (Å²) in [5, 5.41) is 2.95. The zero-order valence-corrected chi connectivity index (χ0v) is 13.0. The van der Waals surface area contributed by atoms with Crippen molar-refractivity contribution in [2.24, 2.45) is 11.7 Å². The van der Waals surface area contributed by atoms with Crippen LogP contribution >= 0.6 is 0 Å². The molecule has 1 rings (SSSR count). The van der Waals surface area contributed by atoms with Crippen LogP contribution in [0.25, 0.3) is 0 Å². The van der Waals surface area contributed by atoms with Gasteiger partial charge >= 0.3 is 0 Å². The molecule has 0 aliphatic heterocycles. The first-order chi connectivity index (χ1) is 9.32. The molecule has 4 heteroatoms. The first-order valence-electron chi connectivity index (χ1n) is 7.14. The fraction of sp³-hybridized carbons (Fsp3) is 0.562. The van der Waals surface area contributed by atoms with Gasteiger partial charge in [-0.1, -0.05) is 32.0 Å². The predicted molar refractivity (Wildman–Crippen MR) is 81.6 cm³/mol. The van der Waals surface area contributed by atoms with Gasteiger partial charge < -0.3 is 15.8 Å². The number of nitrogens with two attached hydrogens (primary N) is 1. The van der Waals surface area contributed by atoms with Crippen LogP contribution in [0.3, 0.4) is 0 Å². The van der Waals surface area contributed by atoms with Gasteiger partial charge in [-0.25, -0.2) is 0 Å². The van der Waals surface area contributed by atoms with Gasteiger partial charge in [0.2, 0.25) is 5.91 Å². The van der Waals surface area contributed by atoms with E-state index in [1.54, 1.807) is 0 Å². The molecular formula is C16H26N2O2. The van der Waals surface area contributed by atoms with Gasteiger partial charge in [-0.05, 0) is 32.8 Å². The highest BCUT2D eigenvalue weighted by Gasteiger charge is 2.21. The third kappa shape index (κ3) is 4.53. The molecule has 0 saturated heterocycles. The molecule has 0 aliphatic rings. The Morgan fingerprint density at radius 2 is 1.75 bits per heavy atom. The molecule has 0 radical (unpaired) electrons. The topological polar surface area (TPSA) is 64.3 Å². The van der Waals surface area contributed by atoms with Gasteiger partial charge in [0.05, 0.1) is 18.2 Å². The van der Waals surface area contributed by atoms with Gasteiger partial charge in [0, 0.05) is 5.56 Å². The van der Waals surface area contributed by atoms with Crippen LogP contribution < -0.4 is 15.8 Å². The second kappa shape index (κ2) is 7.29. The van der Waals surface area contributed by atoms with E-state index in [1.807, 2.05) is 58.9 Å². The maximum absolute atomic E-state index is 12.0. The highest BCUT2D eigenvalue weighted by molar-refractivity contribution is 5.82. The maximum atomic E-state index is 12.0. The smallest absolute Gasteiger partial charge is 0.237 e. The average Bonchev–Trinajstić information content (AvgIpc) is 2.37. The molecule has 0 aliphatic carbocycles. The standard InChI is InChI=1S/C16H26N2O2/c1-10(2)15(17)16(19)18-12(5)13-8-6-7-9-14(13)20-11(3)4/h6-12,15H,17H2,1-5H3,(H,18,19)/t12?,15-/m1/s1. The number of benzene rings is 1. The average molecular weight is 278 g/mol. The van der Waals surface area contributed by atoms with Gasteiger partial charge in [-0.2, -0.15) is 0 Å². The molecule has 1 amide bonds. The fourth-order valence-electron chi connectivity index (χ4n) is 1.89. The number of nitrogens with one attached hydrogen (secondary N) is 1. The SMILES string of the molecule is CC(C)Oc1ccccc1C(C)NC(=O)[C@H](N)C(C)C. The van der Waals surface area contributed by atoms with Crippen molar-refractivity contribution >= 4 is 5.91 Å². The van der Waals surface area contributed by atoms with E-state index in [4.69, 9.17) is 10.5 Å². The molecule has 0 bridgehead atoms. The molecule has 2 atom stereocenters. The van der Waals surface area contributed by atoms with Crippen molar-refractivity contribution in [2.45, 2.75) is 52.8 Å². The van der Waals surface area contributed by atoms with Crippen LogP contribution in [0.5, 0.6) is 5.75 Å². The summed E-state index contributed by atoms with van der Waals surface area (Å²) in [6.45, 7) is 9.77. The molecule has 1 aromatic carbocycles. The summed E-state index contributed by atoms with van der Waals surface area (Å²) in [4.78, 5) is 12.0. The van der Waals surface area contributed by atoms with Crippen LogP contribution in [0.2, 0.25) is 0 Å². The van der Waals surface area contributed by atoms with E-state index < -0.39 is 6.04 Å². The minimum Gasteiger partial charge on any atom is -0.491 e. The van der Waals surface area contributed by atoms with E-state index in [1.165, 1.54) is 0 Å². The van der Waals surface area contributed by atoms with Crippen LogP contribution in [-0.4, -0.2) is 18.1 Å². The number of carbonyl (C=O) groups is 1. The number of amides is 1. The second-order valence-corrected chi connectivity index (χ2v) is 5.70. The lowest BCUT2D eigenvalue weighted by Crippen LogP contribution is -2.44. The van der Waals surface area contributed by atoms with Gasteiger partial charge in [-0.3, -0.25) is 4.79 Å². The van der Waals surface area contributed by atoms with Crippen molar-refractivity contribution in [1.29, 1.82) is 0 Å². The third-order valence-electron chi connectivity index (χ3n) is 3.13. The minimum atomic E-state index is -0.490. The second-order valence-electron chi connectivity index (χ2n) is 5.70. The Bertz CT molecular complexity index is 444. The molecule has 0 heterocycles. The number of hydrogen-bond acceptors (Lipinski definition) is 3. The number of ether oxygens (including phenoxy) is 1. The Morgan fingerprint density at radius 1 is 1.15 bits per heavy atom. The molecule has 1 aromatic rings. The summed E-state index contributed by atoms with van der Waals surface area (Å²) in [6, 6.07) is 7.12. The van der Waals surface area contributed by atoms with Gasteiger partial charge in [0.1, 0.15) is 5.75 Å². The zero-order valence-electron chi connectivity index (χ0n) is 13.0. The number of hydrogen-bond donors (Lipinski definition) is 2. The molecule has 20 heavy (non-hydrogen) atoms. The van der Waals surface area contributed by atoms with Crippen LogP contribution in [-0.2, 0) is 4.79 Å². The molecule has 0 fully saturated rings. The molecule has 0 saturated carbocycles. The van der Waals surface area contributed by atoms with E-state index in [0.29, 0.717) is 0 Å². The first-order valence-corrected chi connectivity index (χ1v) is 7.14. The van der Waals surface area contributed by atoms with Crippen LogP contribution in [0.1, 0.15) is 46.2 Å². The Hall–Kier alpha value is -1.55. The first kappa shape index (κ1) is 16.5. The molecule has 112 valence electrons. The molecule has 0 spiro atoms. The molecule has 3 N–H and O–H groups in total. The van der Waals surface area contributed by atoms with E-state index in [9.17, 15) is 4.79 Å². The normalized spacial score (nSPS) is 14.2. The largest absolute Gasteiger partial charge is 0.491 e. The number of carbonyl (C=O) groups excluding carboxylic acids is 1. The van der Waals surface area contributed by atoms with Gasteiger partial charge in [0.15, 0.2) is 0 Å². The lowest BCUT2D eigenvalue weighted by atomic mass is 10.0. The lowest BCUT2D eigenvalue weighted by Gasteiger charge is -2.22. The van der Waals surface area contributed by atoms with E-state index in [0.717, 1.165) is 11.3 Å². The summed E-state index contributed by atoms with van der Waals surface area (Å²) < 4.78 is 5.77. The maximum Gasteiger partial charge on any atom is 0.237 e. The minimum absolute atomic E-state index is 0.0944. The molecule has 4 nitrogen and oxygen atoms in total. The van der Waals surface area contributed by atoms with E-state index in [-0.39, 0.29) is 24.0 Å². The van der Waals surface area contributed by atoms with Gasteiger partial charge in [-0.15, -0.1) is 0 Å². The monoisotopic (exact) mass is 278 g/mol. The van der Waals surface area contributed by atoms with Crippen LogP contribution in [0.4, 0.5) is 0 Å². The molecule has 1 unspecified atom stereocenters. The zero-order chi connectivity index (χ0) is 15.3. The quantitative estimate of drug-likeness (QED) is 0.840.